The van der Waals surface area contributed by atoms with Gasteiger partial charge in [0.25, 0.3) is 0 Å². The number of aromatic nitrogens is 2. The number of rotatable bonds is 4. The summed E-state index contributed by atoms with van der Waals surface area (Å²) in [6, 6.07) is 0. The quantitative estimate of drug-likeness (QED) is 0.739. The maximum atomic E-state index is 4.02. The number of hydrogen-bond acceptors (Lipinski definition) is 2. The Labute approximate surface area is 85.8 Å². The number of hydrogen-bond donors (Lipinski definition) is 1. The monoisotopic (exact) mass is 193 g/mol. The standard InChI is InChI=1S/C11H19N3/c1-10(7-13-11(2,3)4)8-14-6-5-12-9-14/h5-6,9,13H,1,7-8H2,2-4H3. The molecule has 1 aromatic rings. The first-order chi connectivity index (χ1) is 6.47. The summed E-state index contributed by atoms with van der Waals surface area (Å²) < 4.78 is 2.02. The minimum atomic E-state index is 0.151. The van der Waals surface area contributed by atoms with Crippen LogP contribution in [0.25, 0.3) is 0 Å². The maximum Gasteiger partial charge on any atom is 0.0948 e. The average Bonchev–Trinajstić information content (AvgIpc) is 2.52. The van der Waals surface area contributed by atoms with Crippen LogP contribution in [0.3, 0.4) is 0 Å². The van der Waals surface area contributed by atoms with Crippen molar-refractivity contribution in [3.8, 4) is 0 Å². The van der Waals surface area contributed by atoms with Crippen molar-refractivity contribution in [2.45, 2.75) is 32.9 Å². The van der Waals surface area contributed by atoms with E-state index >= 15 is 0 Å². The van der Waals surface area contributed by atoms with E-state index in [1.807, 2.05) is 17.1 Å². The zero-order chi connectivity index (χ0) is 10.6. The van der Waals surface area contributed by atoms with E-state index in [2.05, 4.69) is 37.7 Å². The van der Waals surface area contributed by atoms with Gasteiger partial charge >= 0.3 is 0 Å². The minimum Gasteiger partial charge on any atom is -0.333 e. The zero-order valence-corrected chi connectivity index (χ0v) is 9.25. The van der Waals surface area contributed by atoms with Crippen LogP contribution < -0.4 is 5.32 Å². The van der Waals surface area contributed by atoms with E-state index in [1.54, 1.807) is 6.20 Å². The summed E-state index contributed by atoms with van der Waals surface area (Å²) in [4.78, 5) is 3.99. The highest BCUT2D eigenvalue weighted by Gasteiger charge is 2.08. The Morgan fingerprint density at radius 3 is 2.71 bits per heavy atom. The van der Waals surface area contributed by atoms with Gasteiger partial charge in [0.1, 0.15) is 0 Å². The van der Waals surface area contributed by atoms with Crippen LogP contribution in [0.1, 0.15) is 20.8 Å². The highest BCUT2D eigenvalue weighted by molar-refractivity contribution is 4.99. The van der Waals surface area contributed by atoms with Crippen LogP contribution in [0.5, 0.6) is 0 Å². The number of imidazole rings is 1. The molecule has 0 unspecified atom stereocenters. The van der Waals surface area contributed by atoms with E-state index in [0.29, 0.717) is 0 Å². The summed E-state index contributed by atoms with van der Waals surface area (Å²) in [5, 5.41) is 3.40. The Morgan fingerprint density at radius 1 is 1.50 bits per heavy atom. The van der Waals surface area contributed by atoms with Gasteiger partial charge in [-0.3, -0.25) is 0 Å². The first-order valence-electron chi connectivity index (χ1n) is 4.85. The Morgan fingerprint density at radius 2 is 2.21 bits per heavy atom. The second-order valence-corrected chi connectivity index (χ2v) is 4.59. The van der Waals surface area contributed by atoms with Crippen LogP contribution in [-0.4, -0.2) is 21.6 Å². The van der Waals surface area contributed by atoms with E-state index in [0.717, 1.165) is 18.7 Å². The molecule has 0 aliphatic carbocycles. The number of nitrogens with one attached hydrogen (secondary N) is 1. The first kappa shape index (κ1) is 11.0. The molecule has 0 saturated heterocycles. The summed E-state index contributed by atoms with van der Waals surface area (Å²) >= 11 is 0. The van der Waals surface area contributed by atoms with Crippen molar-refractivity contribution in [1.29, 1.82) is 0 Å². The second kappa shape index (κ2) is 4.42. The summed E-state index contributed by atoms with van der Waals surface area (Å²) in [5.74, 6) is 0. The summed E-state index contributed by atoms with van der Waals surface area (Å²) in [7, 11) is 0. The summed E-state index contributed by atoms with van der Waals surface area (Å²) in [6.07, 6.45) is 5.54. The Bertz CT molecular complexity index is 280. The highest BCUT2D eigenvalue weighted by atomic mass is 15.0. The molecule has 0 radical (unpaired) electrons. The van der Waals surface area contributed by atoms with E-state index < -0.39 is 0 Å². The SMILES string of the molecule is C=C(CNC(C)(C)C)Cn1ccnc1. The topological polar surface area (TPSA) is 29.9 Å². The van der Waals surface area contributed by atoms with Gasteiger partial charge in [-0.15, -0.1) is 0 Å². The molecule has 0 aromatic carbocycles. The van der Waals surface area contributed by atoms with Gasteiger partial charge in [0.2, 0.25) is 0 Å². The molecule has 3 heteroatoms. The van der Waals surface area contributed by atoms with Crippen molar-refractivity contribution in [3.05, 3.63) is 30.9 Å². The smallest absolute Gasteiger partial charge is 0.0948 e. The normalized spacial score (nSPS) is 11.6. The maximum absolute atomic E-state index is 4.02. The van der Waals surface area contributed by atoms with E-state index in [4.69, 9.17) is 0 Å². The lowest BCUT2D eigenvalue weighted by atomic mass is 10.1. The Hall–Kier alpha value is -1.09. The lowest BCUT2D eigenvalue weighted by molar-refractivity contribution is 0.440. The van der Waals surface area contributed by atoms with Gasteiger partial charge in [0.05, 0.1) is 6.33 Å². The van der Waals surface area contributed by atoms with Gasteiger partial charge in [-0.25, -0.2) is 4.98 Å². The van der Waals surface area contributed by atoms with Crippen LogP contribution in [0.4, 0.5) is 0 Å². The molecule has 3 nitrogen and oxygen atoms in total. The van der Waals surface area contributed by atoms with Gasteiger partial charge in [-0.2, -0.15) is 0 Å². The van der Waals surface area contributed by atoms with Crippen LogP contribution >= 0.6 is 0 Å². The van der Waals surface area contributed by atoms with Gasteiger partial charge < -0.3 is 9.88 Å². The average molecular weight is 193 g/mol. The van der Waals surface area contributed by atoms with Gasteiger partial charge in [-0.1, -0.05) is 6.58 Å². The largest absolute Gasteiger partial charge is 0.333 e. The third-order valence-electron chi connectivity index (χ3n) is 1.83. The summed E-state index contributed by atoms with van der Waals surface area (Å²) in [6.45, 7) is 12.2. The van der Waals surface area contributed by atoms with E-state index in [9.17, 15) is 0 Å². The molecular weight excluding hydrogens is 174 g/mol. The third-order valence-corrected chi connectivity index (χ3v) is 1.83. The van der Waals surface area contributed by atoms with E-state index in [-0.39, 0.29) is 5.54 Å². The number of nitrogens with zero attached hydrogens (tertiary/aromatic N) is 2. The van der Waals surface area contributed by atoms with Crippen LogP contribution in [0.2, 0.25) is 0 Å². The lowest BCUT2D eigenvalue weighted by Crippen LogP contribution is -2.37. The van der Waals surface area contributed by atoms with Crippen molar-refractivity contribution in [1.82, 2.24) is 14.9 Å². The Kier molecular flexibility index (Phi) is 3.47. The molecule has 0 bridgehead atoms. The molecule has 14 heavy (non-hydrogen) atoms. The molecular formula is C11H19N3. The first-order valence-corrected chi connectivity index (χ1v) is 4.85. The minimum absolute atomic E-state index is 0.151. The van der Waals surface area contributed by atoms with Crippen molar-refractivity contribution in [2.24, 2.45) is 0 Å². The zero-order valence-electron chi connectivity index (χ0n) is 9.25. The van der Waals surface area contributed by atoms with Crippen LogP contribution in [0, 0.1) is 0 Å². The molecule has 0 amide bonds. The van der Waals surface area contributed by atoms with Crippen molar-refractivity contribution < 1.29 is 0 Å². The molecule has 0 fully saturated rings. The fraction of sp³-hybridized carbons (Fsp3) is 0.545. The van der Waals surface area contributed by atoms with Crippen molar-refractivity contribution in [2.75, 3.05) is 6.54 Å². The third kappa shape index (κ3) is 4.23. The summed E-state index contributed by atoms with van der Waals surface area (Å²) in [5.41, 5.74) is 1.32. The van der Waals surface area contributed by atoms with Crippen LogP contribution in [0.15, 0.2) is 30.9 Å². The molecule has 0 aliphatic heterocycles. The predicted molar refractivity (Wildman–Crippen MR) is 59.1 cm³/mol. The second-order valence-electron chi connectivity index (χ2n) is 4.59. The lowest BCUT2D eigenvalue weighted by Gasteiger charge is -2.21. The van der Waals surface area contributed by atoms with Gasteiger partial charge in [0, 0.05) is 31.0 Å². The molecule has 1 N–H and O–H groups in total. The fourth-order valence-corrected chi connectivity index (χ4v) is 1.08. The van der Waals surface area contributed by atoms with Crippen molar-refractivity contribution >= 4 is 0 Å². The molecule has 1 rings (SSSR count). The van der Waals surface area contributed by atoms with Crippen LogP contribution in [-0.2, 0) is 6.54 Å². The molecule has 0 spiro atoms. The van der Waals surface area contributed by atoms with Crippen molar-refractivity contribution in [3.63, 3.8) is 0 Å². The molecule has 1 heterocycles. The highest BCUT2D eigenvalue weighted by Crippen LogP contribution is 2.01. The molecule has 0 aliphatic rings. The molecule has 0 atom stereocenters. The molecule has 78 valence electrons. The van der Waals surface area contributed by atoms with E-state index in [1.165, 1.54) is 0 Å². The van der Waals surface area contributed by atoms with Gasteiger partial charge in [-0.05, 0) is 26.3 Å². The fourth-order valence-electron chi connectivity index (χ4n) is 1.08. The Balaban J connectivity index is 2.30. The molecule has 0 saturated carbocycles. The predicted octanol–water partition coefficient (Wildman–Crippen LogP) is 1.83. The van der Waals surface area contributed by atoms with Gasteiger partial charge in [0.15, 0.2) is 0 Å². The molecule has 1 aromatic heterocycles.